The van der Waals surface area contributed by atoms with Gasteiger partial charge in [-0.05, 0) is 62.8 Å². The Morgan fingerprint density at radius 3 is 1.36 bits per heavy atom. The predicted octanol–water partition coefficient (Wildman–Crippen LogP) is 6.17. The van der Waals surface area contributed by atoms with Crippen molar-refractivity contribution in [2.45, 2.75) is 40.5 Å². The molecule has 0 aliphatic carbocycles. The van der Waals surface area contributed by atoms with Crippen LogP contribution in [0.5, 0.6) is 0 Å². The van der Waals surface area contributed by atoms with Gasteiger partial charge in [0.15, 0.2) is 0 Å². The predicted molar refractivity (Wildman–Crippen MR) is 130 cm³/mol. The molecule has 0 radical (unpaired) electrons. The third kappa shape index (κ3) is 6.06. The van der Waals surface area contributed by atoms with Crippen LogP contribution in [0.2, 0.25) is 0 Å². The molecule has 2 fully saturated rings. The fraction of sp³-hybridized carbons (Fsp3) is 0.520. The van der Waals surface area contributed by atoms with E-state index < -0.39 is 20.6 Å². The third-order valence-corrected chi connectivity index (χ3v) is 10.2. The number of hydrogen-bond donors (Lipinski definition) is 0. The molecule has 33 heavy (non-hydrogen) atoms. The van der Waals surface area contributed by atoms with Crippen LogP contribution in [0.15, 0.2) is 36.4 Å². The maximum absolute atomic E-state index is 13.1. The van der Waals surface area contributed by atoms with Crippen molar-refractivity contribution >= 4 is 15.2 Å². The summed E-state index contributed by atoms with van der Waals surface area (Å²) in [5.74, 6) is 0. The van der Waals surface area contributed by atoms with E-state index in [0.717, 1.165) is 11.1 Å². The van der Waals surface area contributed by atoms with Crippen molar-refractivity contribution in [3.63, 3.8) is 0 Å². The second-order valence-corrected chi connectivity index (χ2v) is 14.0. The molecule has 0 unspecified atom stereocenters. The number of aryl methyl sites for hydroxylation is 6. The molecular formula is C25H34O6P2. The molecule has 0 atom stereocenters. The van der Waals surface area contributed by atoms with Gasteiger partial charge in [0.05, 0.1) is 44.2 Å². The van der Waals surface area contributed by atoms with Crippen molar-refractivity contribution in [2.75, 3.05) is 38.8 Å². The first-order chi connectivity index (χ1) is 15.6. The first kappa shape index (κ1) is 24.9. The molecule has 2 aromatic carbocycles. The number of hydrogen-bond acceptors (Lipinski definition) is 6. The molecule has 2 aliphatic rings. The quantitative estimate of drug-likeness (QED) is 0.449. The van der Waals surface area contributed by atoms with Gasteiger partial charge in [-0.3, -0.25) is 9.13 Å². The highest BCUT2D eigenvalue weighted by molar-refractivity contribution is 7.54. The lowest BCUT2D eigenvalue weighted by Crippen LogP contribution is -2.46. The zero-order valence-electron chi connectivity index (χ0n) is 20.0. The summed E-state index contributed by atoms with van der Waals surface area (Å²) >= 11 is 0. The molecule has 0 aromatic heterocycles. The second kappa shape index (κ2) is 9.77. The van der Waals surface area contributed by atoms with Crippen molar-refractivity contribution in [1.29, 1.82) is 0 Å². The molecule has 8 heteroatoms. The zero-order chi connectivity index (χ0) is 23.7. The lowest BCUT2D eigenvalue weighted by Gasteiger charge is -2.43. The van der Waals surface area contributed by atoms with E-state index >= 15 is 0 Å². The van der Waals surface area contributed by atoms with Crippen molar-refractivity contribution in [3.05, 3.63) is 69.8 Å². The van der Waals surface area contributed by atoms with Crippen LogP contribution in [-0.2, 0) is 40.1 Å². The minimum atomic E-state index is -3.18. The lowest BCUT2D eigenvalue weighted by molar-refractivity contribution is -0.0683. The van der Waals surface area contributed by atoms with E-state index in [9.17, 15) is 9.13 Å². The van der Waals surface area contributed by atoms with Gasteiger partial charge in [-0.2, -0.15) is 0 Å². The Labute approximate surface area is 197 Å². The normalized spacial score (nSPS) is 29.9. The highest BCUT2D eigenvalue weighted by Gasteiger charge is 2.48. The van der Waals surface area contributed by atoms with Gasteiger partial charge >= 0.3 is 15.2 Å². The maximum Gasteiger partial charge on any atom is 0.331 e. The summed E-state index contributed by atoms with van der Waals surface area (Å²) in [6.45, 7) is 9.10. The fourth-order valence-corrected chi connectivity index (χ4v) is 7.87. The van der Waals surface area contributed by atoms with Gasteiger partial charge in [0.2, 0.25) is 0 Å². The summed E-state index contributed by atoms with van der Waals surface area (Å²) < 4.78 is 49.2. The van der Waals surface area contributed by atoms with E-state index in [1.807, 2.05) is 0 Å². The zero-order valence-corrected chi connectivity index (χ0v) is 21.8. The van der Waals surface area contributed by atoms with E-state index in [-0.39, 0.29) is 26.4 Å². The summed E-state index contributed by atoms with van der Waals surface area (Å²) in [7, 11) is -6.36. The van der Waals surface area contributed by atoms with Crippen LogP contribution in [0.1, 0.15) is 33.4 Å². The molecule has 0 N–H and O–H groups in total. The summed E-state index contributed by atoms with van der Waals surface area (Å²) in [6, 6.07) is 12.5. The van der Waals surface area contributed by atoms with E-state index in [4.69, 9.17) is 18.1 Å². The highest BCUT2D eigenvalue weighted by atomic mass is 31.2. The van der Waals surface area contributed by atoms with E-state index in [2.05, 4.69) is 64.1 Å². The third-order valence-electron chi connectivity index (χ3n) is 6.58. The van der Waals surface area contributed by atoms with Gasteiger partial charge in [-0.1, -0.05) is 47.5 Å². The van der Waals surface area contributed by atoms with E-state index in [0.29, 0.717) is 25.2 Å². The summed E-state index contributed by atoms with van der Waals surface area (Å²) in [4.78, 5) is 0. The van der Waals surface area contributed by atoms with Crippen molar-refractivity contribution < 1.29 is 27.2 Å². The van der Waals surface area contributed by atoms with Crippen LogP contribution in [0.4, 0.5) is 0 Å². The largest absolute Gasteiger partial charge is 0.331 e. The molecule has 2 aromatic rings. The molecule has 2 saturated heterocycles. The van der Waals surface area contributed by atoms with Gasteiger partial charge in [0, 0.05) is 0 Å². The summed E-state index contributed by atoms with van der Waals surface area (Å²) in [5, 5.41) is 0. The first-order valence-corrected chi connectivity index (χ1v) is 14.9. The Morgan fingerprint density at radius 1 is 0.667 bits per heavy atom. The molecule has 2 heterocycles. The topological polar surface area (TPSA) is 71.1 Å². The van der Waals surface area contributed by atoms with Crippen LogP contribution in [0.25, 0.3) is 0 Å². The smallest absolute Gasteiger partial charge is 0.308 e. The Morgan fingerprint density at radius 2 is 1.03 bits per heavy atom. The van der Waals surface area contributed by atoms with Crippen LogP contribution in [0.3, 0.4) is 0 Å². The average Bonchev–Trinajstić information content (AvgIpc) is 2.77. The van der Waals surface area contributed by atoms with Gasteiger partial charge in [-0.25, -0.2) is 0 Å². The second-order valence-electron chi connectivity index (χ2n) is 9.62. The van der Waals surface area contributed by atoms with Crippen molar-refractivity contribution in [3.8, 4) is 0 Å². The maximum atomic E-state index is 13.1. The molecule has 180 valence electrons. The lowest BCUT2D eigenvalue weighted by atomic mass is 9.93. The monoisotopic (exact) mass is 492 g/mol. The molecule has 0 bridgehead atoms. The molecule has 1 spiro atoms. The highest BCUT2D eigenvalue weighted by Crippen LogP contribution is 2.59. The van der Waals surface area contributed by atoms with E-state index in [1.54, 1.807) is 0 Å². The molecule has 4 rings (SSSR count). The van der Waals surface area contributed by atoms with Gasteiger partial charge in [-0.15, -0.1) is 0 Å². The molecule has 6 nitrogen and oxygen atoms in total. The molecule has 0 amide bonds. The Kier molecular flexibility index (Phi) is 7.36. The molecule has 2 aliphatic heterocycles. The van der Waals surface area contributed by atoms with Crippen LogP contribution < -0.4 is 0 Å². The standard InChI is InChI=1S/C25H34O6P2/c1-19-5-7-23(21(3)13-19)9-11-32(26)28-15-25(16-29-32)17-30-33(27,31-18-25)12-10-24-8-6-20(2)14-22(24)4/h5-8,13-14H,9-12,15-18H2,1-4H3. The fourth-order valence-electron chi connectivity index (χ4n) is 4.29. The first-order valence-electron chi connectivity index (χ1n) is 11.5. The number of rotatable bonds is 6. The Balaban J connectivity index is 1.28. The SMILES string of the molecule is Cc1ccc(CCP2(=O)OCC3(CO2)COP(=O)(CCc2ccc(C)cc2C)OC3)c(C)c1. The van der Waals surface area contributed by atoms with Crippen molar-refractivity contribution in [1.82, 2.24) is 0 Å². The minimum Gasteiger partial charge on any atom is -0.308 e. The van der Waals surface area contributed by atoms with Gasteiger partial charge < -0.3 is 18.1 Å². The Bertz CT molecular complexity index is 997. The summed E-state index contributed by atoms with van der Waals surface area (Å²) in [5.41, 5.74) is 6.51. The van der Waals surface area contributed by atoms with Gasteiger partial charge in [0.1, 0.15) is 0 Å². The van der Waals surface area contributed by atoms with Crippen LogP contribution in [-0.4, -0.2) is 38.8 Å². The van der Waals surface area contributed by atoms with Crippen molar-refractivity contribution in [2.24, 2.45) is 5.41 Å². The van der Waals surface area contributed by atoms with E-state index in [1.165, 1.54) is 22.3 Å². The minimum absolute atomic E-state index is 0.216. The van der Waals surface area contributed by atoms with Crippen LogP contribution >= 0.6 is 15.2 Å². The average molecular weight is 492 g/mol. The summed E-state index contributed by atoms with van der Waals surface area (Å²) in [6.07, 6.45) is 1.94. The van der Waals surface area contributed by atoms with Crippen LogP contribution in [0, 0.1) is 33.1 Å². The Hall–Kier alpha value is -1.26. The van der Waals surface area contributed by atoms with Gasteiger partial charge in [0.25, 0.3) is 0 Å². The molecular weight excluding hydrogens is 458 g/mol. The molecule has 0 saturated carbocycles. The number of benzene rings is 2.